The molecule has 30 heavy (non-hydrogen) atoms. The highest BCUT2D eigenvalue weighted by atomic mass is 35.5. The van der Waals surface area contributed by atoms with Crippen LogP contribution >= 0.6 is 11.6 Å². The average Bonchev–Trinajstić information content (AvgIpc) is 3.04. The number of aromatic nitrogens is 2. The number of hydrogen-bond acceptors (Lipinski definition) is 4. The summed E-state index contributed by atoms with van der Waals surface area (Å²) in [5, 5.41) is 3.96. The lowest BCUT2D eigenvalue weighted by atomic mass is 10.0. The number of aryl methyl sites for hydroxylation is 1. The van der Waals surface area contributed by atoms with Crippen LogP contribution in [0, 0.1) is 5.82 Å². The third-order valence-corrected chi connectivity index (χ3v) is 4.99. The maximum absolute atomic E-state index is 14.1. The van der Waals surface area contributed by atoms with Crippen molar-refractivity contribution in [3.63, 3.8) is 0 Å². The molecular weight excluding hydrogens is 430 g/mol. The van der Waals surface area contributed by atoms with Gasteiger partial charge in [-0.2, -0.15) is 18.3 Å². The topological polar surface area (TPSA) is 64.4 Å². The van der Waals surface area contributed by atoms with E-state index in [0.29, 0.717) is 11.3 Å². The Morgan fingerprint density at radius 1 is 1.30 bits per heavy atom. The number of esters is 1. The number of ether oxygens (including phenoxy) is 1. The summed E-state index contributed by atoms with van der Waals surface area (Å²) in [6.45, 7) is 1.16. The van der Waals surface area contributed by atoms with Gasteiger partial charge < -0.3 is 9.64 Å². The second kappa shape index (κ2) is 8.63. The maximum Gasteiger partial charge on any atom is 0.390 e. The van der Waals surface area contributed by atoms with Gasteiger partial charge in [0.25, 0.3) is 5.91 Å². The first-order valence-corrected chi connectivity index (χ1v) is 9.56. The number of nitrogens with zero attached hydrogens (tertiary/aromatic N) is 3. The van der Waals surface area contributed by atoms with Crippen LogP contribution in [0.3, 0.4) is 0 Å². The third kappa shape index (κ3) is 4.58. The number of amides is 1. The van der Waals surface area contributed by atoms with Crippen LogP contribution in [0.2, 0.25) is 5.02 Å². The van der Waals surface area contributed by atoms with Gasteiger partial charge in [-0.15, -0.1) is 0 Å². The van der Waals surface area contributed by atoms with Crippen LogP contribution in [-0.2, 0) is 24.2 Å². The SMILES string of the molecule is CCOC(=O)c1nn(CCC(F)(F)F)c2c1CN(C(=O)c1c(F)cccc1Cl)CC2. The molecule has 6 nitrogen and oxygen atoms in total. The minimum absolute atomic E-state index is 0.0521. The van der Waals surface area contributed by atoms with Gasteiger partial charge in [0.2, 0.25) is 0 Å². The third-order valence-electron chi connectivity index (χ3n) is 4.67. The van der Waals surface area contributed by atoms with Gasteiger partial charge in [0.1, 0.15) is 5.82 Å². The second-order valence-electron chi connectivity index (χ2n) is 6.66. The fourth-order valence-electron chi connectivity index (χ4n) is 3.31. The highest BCUT2D eigenvalue weighted by Gasteiger charge is 2.34. The molecule has 1 aromatic heterocycles. The molecule has 3 rings (SSSR count). The van der Waals surface area contributed by atoms with E-state index in [2.05, 4.69) is 5.10 Å². The molecule has 0 bridgehead atoms. The van der Waals surface area contributed by atoms with Crippen LogP contribution in [0.4, 0.5) is 17.6 Å². The zero-order valence-corrected chi connectivity index (χ0v) is 16.7. The molecule has 11 heteroatoms. The van der Waals surface area contributed by atoms with Gasteiger partial charge in [-0.3, -0.25) is 9.48 Å². The summed E-state index contributed by atoms with van der Waals surface area (Å²) in [7, 11) is 0. The molecule has 2 heterocycles. The molecule has 1 aliphatic heterocycles. The van der Waals surface area contributed by atoms with Gasteiger partial charge in [0, 0.05) is 30.8 Å². The largest absolute Gasteiger partial charge is 0.461 e. The van der Waals surface area contributed by atoms with Crippen LogP contribution in [0.5, 0.6) is 0 Å². The van der Waals surface area contributed by atoms with Gasteiger partial charge in [0.15, 0.2) is 5.69 Å². The van der Waals surface area contributed by atoms with Crippen molar-refractivity contribution in [3.05, 3.63) is 51.6 Å². The van der Waals surface area contributed by atoms with E-state index in [4.69, 9.17) is 16.3 Å². The van der Waals surface area contributed by atoms with Crippen molar-refractivity contribution in [2.45, 2.75) is 39.0 Å². The summed E-state index contributed by atoms with van der Waals surface area (Å²) in [5.41, 5.74) is 0.268. The van der Waals surface area contributed by atoms with E-state index in [1.165, 1.54) is 17.0 Å². The van der Waals surface area contributed by atoms with Crippen LogP contribution in [-0.4, -0.2) is 45.9 Å². The lowest BCUT2D eigenvalue weighted by Crippen LogP contribution is -2.37. The zero-order chi connectivity index (χ0) is 22.1. The number of halogens is 5. The summed E-state index contributed by atoms with van der Waals surface area (Å²) in [4.78, 5) is 26.4. The van der Waals surface area contributed by atoms with Gasteiger partial charge in [-0.05, 0) is 19.1 Å². The highest BCUT2D eigenvalue weighted by Crippen LogP contribution is 2.29. The Bertz CT molecular complexity index is 954. The quantitative estimate of drug-likeness (QED) is 0.513. The molecule has 2 aromatic rings. The zero-order valence-electron chi connectivity index (χ0n) is 15.9. The van der Waals surface area contributed by atoms with Crippen LogP contribution in [0.15, 0.2) is 18.2 Å². The minimum atomic E-state index is -4.39. The van der Waals surface area contributed by atoms with E-state index in [0.717, 1.165) is 10.7 Å². The summed E-state index contributed by atoms with van der Waals surface area (Å²) in [6, 6.07) is 3.85. The molecule has 0 radical (unpaired) electrons. The first-order valence-electron chi connectivity index (χ1n) is 9.18. The van der Waals surface area contributed by atoms with Crippen molar-refractivity contribution in [2.75, 3.05) is 13.2 Å². The van der Waals surface area contributed by atoms with Crippen molar-refractivity contribution in [3.8, 4) is 0 Å². The van der Waals surface area contributed by atoms with Gasteiger partial charge in [-0.25, -0.2) is 9.18 Å². The molecule has 162 valence electrons. The number of hydrogen-bond donors (Lipinski definition) is 0. The fourth-order valence-corrected chi connectivity index (χ4v) is 3.55. The van der Waals surface area contributed by atoms with E-state index >= 15 is 0 Å². The second-order valence-corrected chi connectivity index (χ2v) is 7.06. The molecule has 0 saturated heterocycles. The standard InChI is InChI=1S/C19H18ClF4N3O3/c1-2-30-18(29)16-11-10-26(17(28)15-12(20)4-3-5-13(15)21)8-6-14(11)27(25-16)9-7-19(22,23)24/h3-5H,2,6-10H2,1H3. The molecule has 0 spiro atoms. The van der Waals surface area contributed by atoms with E-state index in [9.17, 15) is 27.2 Å². The Kier molecular flexibility index (Phi) is 6.35. The molecule has 0 aliphatic carbocycles. The monoisotopic (exact) mass is 447 g/mol. The Balaban J connectivity index is 1.93. The summed E-state index contributed by atoms with van der Waals surface area (Å²) >= 11 is 5.97. The van der Waals surface area contributed by atoms with Crippen molar-refractivity contribution < 1.29 is 31.9 Å². The minimum Gasteiger partial charge on any atom is -0.461 e. The molecule has 0 unspecified atom stereocenters. The van der Waals surface area contributed by atoms with E-state index in [1.54, 1.807) is 6.92 Å². The van der Waals surface area contributed by atoms with Crippen molar-refractivity contribution >= 4 is 23.5 Å². The lowest BCUT2D eigenvalue weighted by Gasteiger charge is -2.28. The molecule has 1 aliphatic rings. The average molecular weight is 448 g/mol. The van der Waals surface area contributed by atoms with Gasteiger partial charge in [0.05, 0.1) is 30.2 Å². The highest BCUT2D eigenvalue weighted by molar-refractivity contribution is 6.33. The Morgan fingerprint density at radius 2 is 2.03 bits per heavy atom. The first kappa shape index (κ1) is 22.1. The molecule has 0 atom stereocenters. The lowest BCUT2D eigenvalue weighted by molar-refractivity contribution is -0.137. The summed E-state index contributed by atoms with van der Waals surface area (Å²) < 4.78 is 58.2. The van der Waals surface area contributed by atoms with Gasteiger partial charge >= 0.3 is 12.1 Å². The molecule has 0 saturated carbocycles. The van der Waals surface area contributed by atoms with Crippen molar-refractivity contribution in [1.29, 1.82) is 0 Å². The number of rotatable bonds is 5. The van der Waals surface area contributed by atoms with Crippen LogP contribution in [0.1, 0.15) is 45.4 Å². The summed E-state index contributed by atoms with van der Waals surface area (Å²) in [5.74, 6) is -2.26. The number of alkyl halides is 3. The molecule has 1 aromatic carbocycles. The number of carbonyl (C=O) groups is 2. The summed E-state index contributed by atoms with van der Waals surface area (Å²) in [6.07, 6.45) is -5.35. The maximum atomic E-state index is 14.1. The van der Waals surface area contributed by atoms with Crippen molar-refractivity contribution in [1.82, 2.24) is 14.7 Å². The Hall–Kier alpha value is -2.62. The number of carbonyl (C=O) groups excluding carboxylic acids is 2. The van der Waals surface area contributed by atoms with Crippen molar-refractivity contribution in [2.24, 2.45) is 0 Å². The smallest absolute Gasteiger partial charge is 0.390 e. The molecular formula is C19H18ClF4N3O3. The van der Waals surface area contributed by atoms with Crippen LogP contribution < -0.4 is 0 Å². The number of fused-ring (bicyclic) bond motifs is 1. The Labute approximate surface area is 174 Å². The first-order chi connectivity index (χ1) is 14.1. The molecule has 0 fully saturated rings. The predicted molar refractivity (Wildman–Crippen MR) is 98.7 cm³/mol. The predicted octanol–water partition coefficient (Wildman–Crippen LogP) is 4.00. The van der Waals surface area contributed by atoms with E-state index in [-0.39, 0.29) is 42.4 Å². The molecule has 0 N–H and O–H groups in total. The normalized spacial score (nSPS) is 13.9. The number of benzene rings is 1. The molecule has 1 amide bonds. The van der Waals surface area contributed by atoms with E-state index in [1.807, 2.05) is 0 Å². The Morgan fingerprint density at radius 3 is 2.67 bits per heavy atom. The fraction of sp³-hybridized carbons (Fsp3) is 0.421. The van der Waals surface area contributed by atoms with E-state index < -0.39 is 36.8 Å². The van der Waals surface area contributed by atoms with Gasteiger partial charge in [-0.1, -0.05) is 17.7 Å². The van der Waals surface area contributed by atoms with Crippen LogP contribution in [0.25, 0.3) is 0 Å².